The SMILES string of the molecule is CCCC(=O)NC1CCN(C2CCCCC2)C(CC)C1. The lowest BCUT2D eigenvalue weighted by Gasteiger charge is -2.45. The highest BCUT2D eigenvalue weighted by molar-refractivity contribution is 5.76. The van der Waals surface area contributed by atoms with Gasteiger partial charge in [-0.25, -0.2) is 0 Å². The zero-order chi connectivity index (χ0) is 14.4. The van der Waals surface area contributed by atoms with Crippen molar-refractivity contribution in [3.05, 3.63) is 0 Å². The third-order valence-electron chi connectivity index (χ3n) is 5.12. The van der Waals surface area contributed by atoms with E-state index in [9.17, 15) is 4.79 Å². The summed E-state index contributed by atoms with van der Waals surface area (Å²) in [6.07, 6.45) is 12.2. The predicted molar refractivity (Wildman–Crippen MR) is 83.7 cm³/mol. The molecule has 116 valence electrons. The van der Waals surface area contributed by atoms with Gasteiger partial charge in [-0.05, 0) is 38.5 Å². The van der Waals surface area contributed by atoms with E-state index in [1.54, 1.807) is 0 Å². The molecular formula is C17H32N2O. The maximum atomic E-state index is 11.8. The summed E-state index contributed by atoms with van der Waals surface area (Å²) in [7, 11) is 0. The highest BCUT2D eigenvalue weighted by Crippen LogP contribution is 2.29. The maximum absolute atomic E-state index is 11.8. The molecule has 0 aromatic carbocycles. The molecule has 20 heavy (non-hydrogen) atoms. The van der Waals surface area contributed by atoms with Crippen molar-refractivity contribution < 1.29 is 4.79 Å². The molecule has 2 unspecified atom stereocenters. The molecule has 3 nitrogen and oxygen atoms in total. The molecule has 2 rings (SSSR count). The Morgan fingerprint density at radius 1 is 1.15 bits per heavy atom. The minimum absolute atomic E-state index is 0.249. The first-order valence-electron chi connectivity index (χ1n) is 8.79. The Labute approximate surface area is 124 Å². The smallest absolute Gasteiger partial charge is 0.220 e. The fourth-order valence-corrected chi connectivity index (χ4v) is 4.02. The number of nitrogens with zero attached hydrogens (tertiary/aromatic N) is 1. The number of piperidine rings is 1. The van der Waals surface area contributed by atoms with Crippen LogP contribution in [0.15, 0.2) is 0 Å². The van der Waals surface area contributed by atoms with Crippen molar-refractivity contribution in [2.75, 3.05) is 6.54 Å². The van der Waals surface area contributed by atoms with Crippen molar-refractivity contribution in [3.63, 3.8) is 0 Å². The van der Waals surface area contributed by atoms with Crippen molar-refractivity contribution in [2.24, 2.45) is 0 Å². The van der Waals surface area contributed by atoms with Crippen LogP contribution in [-0.2, 0) is 4.79 Å². The molecule has 0 radical (unpaired) electrons. The van der Waals surface area contributed by atoms with Gasteiger partial charge in [0.1, 0.15) is 0 Å². The van der Waals surface area contributed by atoms with Gasteiger partial charge in [0.2, 0.25) is 5.91 Å². The van der Waals surface area contributed by atoms with Crippen LogP contribution >= 0.6 is 0 Å². The second-order valence-electron chi connectivity index (χ2n) is 6.63. The van der Waals surface area contributed by atoms with E-state index in [-0.39, 0.29) is 5.91 Å². The van der Waals surface area contributed by atoms with Crippen molar-refractivity contribution in [1.82, 2.24) is 10.2 Å². The van der Waals surface area contributed by atoms with Crippen LogP contribution in [0, 0.1) is 0 Å². The van der Waals surface area contributed by atoms with Crippen molar-refractivity contribution >= 4 is 5.91 Å². The van der Waals surface area contributed by atoms with Crippen molar-refractivity contribution in [2.45, 2.75) is 96.2 Å². The number of carbonyl (C=O) groups is 1. The molecule has 1 saturated heterocycles. The molecule has 1 aliphatic carbocycles. The van der Waals surface area contributed by atoms with Gasteiger partial charge in [0, 0.05) is 31.1 Å². The van der Waals surface area contributed by atoms with Crippen molar-refractivity contribution in [3.8, 4) is 0 Å². The molecule has 0 aromatic heterocycles. The summed E-state index contributed by atoms with van der Waals surface area (Å²) in [5.74, 6) is 0.249. The molecule has 2 fully saturated rings. The number of rotatable bonds is 5. The number of nitrogens with one attached hydrogen (secondary N) is 1. The Bertz CT molecular complexity index is 299. The quantitative estimate of drug-likeness (QED) is 0.836. The fourth-order valence-electron chi connectivity index (χ4n) is 4.02. The molecule has 2 atom stereocenters. The minimum atomic E-state index is 0.249. The molecule has 0 bridgehead atoms. The van der Waals surface area contributed by atoms with Crippen LogP contribution in [0.1, 0.15) is 78.1 Å². The monoisotopic (exact) mass is 280 g/mol. The molecule has 3 heteroatoms. The highest BCUT2D eigenvalue weighted by atomic mass is 16.1. The first kappa shape index (κ1) is 15.8. The van der Waals surface area contributed by atoms with E-state index in [4.69, 9.17) is 0 Å². The minimum Gasteiger partial charge on any atom is -0.353 e. The summed E-state index contributed by atoms with van der Waals surface area (Å²) in [6.45, 7) is 5.55. The van der Waals surface area contributed by atoms with Gasteiger partial charge in [-0.2, -0.15) is 0 Å². The molecule has 0 spiro atoms. The first-order valence-corrected chi connectivity index (χ1v) is 8.79. The van der Waals surface area contributed by atoms with Crippen LogP contribution in [0.25, 0.3) is 0 Å². The van der Waals surface area contributed by atoms with Crippen LogP contribution in [0.2, 0.25) is 0 Å². The first-order chi connectivity index (χ1) is 9.74. The number of carbonyl (C=O) groups excluding carboxylic acids is 1. The van der Waals surface area contributed by atoms with E-state index >= 15 is 0 Å². The Kier molecular flexibility index (Phi) is 6.34. The van der Waals surface area contributed by atoms with Gasteiger partial charge < -0.3 is 5.32 Å². The van der Waals surface area contributed by atoms with Gasteiger partial charge >= 0.3 is 0 Å². The lowest BCUT2D eigenvalue weighted by atomic mass is 9.88. The molecule has 1 saturated carbocycles. The fraction of sp³-hybridized carbons (Fsp3) is 0.941. The zero-order valence-electron chi connectivity index (χ0n) is 13.4. The van der Waals surface area contributed by atoms with E-state index in [2.05, 4.69) is 24.1 Å². The number of hydrogen-bond acceptors (Lipinski definition) is 2. The van der Waals surface area contributed by atoms with Crippen LogP contribution in [-0.4, -0.2) is 35.5 Å². The molecule has 1 aliphatic heterocycles. The summed E-state index contributed by atoms with van der Waals surface area (Å²) in [5.41, 5.74) is 0. The van der Waals surface area contributed by atoms with E-state index in [0.717, 1.165) is 25.3 Å². The molecule has 1 heterocycles. The molecule has 2 aliphatic rings. The van der Waals surface area contributed by atoms with E-state index in [0.29, 0.717) is 18.5 Å². The van der Waals surface area contributed by atoms with Crippen LogP contribution in [0.3, 0.4) is 0 Å². The van der Waals surface area contributed by atoms with Crippen molar-refractivity contribution in [1.29, 1.82) is 0 Å². The lowest BCUT2D eigenvalue weighted by Crippen LogP contribution is -2.53. The standard InChI is InChI=1S/C17H32N2O/c1-3-8-17(20)18-14-11-12-19(15(4-2)13-14)16-9-6-5-7-10-16/h14-16H,3-13H2,1-2H3,(H,18,20). The Morgan fingerprint density at radius 3 is 2.55 bits per heavy atom. The van der Waals surface area contributed by atoms with Gasteiger partial charge in [-0.1, -0.05) is 33.1 Å². The maximum Gasteiger partial charge on any atom is 0.220 e. The van der Waals surface area contributed by atoms with E-state index in [1.165, 1.54) is 45.1 Å². The highest BCUT2D eigenvalue weighted by Gasteiger charge is 2.32. The summed E-state index contributed by atoms with van der Waals surface area (Å²) < 4.78 is 0. The summed E-state index contributed by atoms with van der Waals surface area (Å²) in [4.78, 5) is 14.5. The normalized spacial score (nSPS) is 29.3. The molecule has 1 amide bonds. The Hall–Kier alpha value is -0.570. The van der Waals surface area contributed by atoms with Gasteiger partial charge in [-0.15, -0.1) is 0 Å². The van der Waals surface area contributed by atoms with E-state index in [1.807, 2.05) is 0 Å². The van der Waals surface area contributed by atoms with Crippen LogP contribution in [0.4, 0.5) is 0 Å². The second-order valence-corrected chi connectivity index (χ2v) is 6.63. The lowest BCUT2D eigenvalue weighted by molar-refractivity contribution is -0.122. The third kappa shape index (κ3) is 4.21. The Morgan fingerprint density at radius 2 is 1.90 bits per heavy atom. The van der Waals surface area contributed by atoms with Gasteiger partial charge in [0.25, 0.3) is 0 Å². The Balaban J connectivity index is 1.85. The molecule has 0 aromatic rings. The summed E-state index contributed by atoms with van der Waals surface area (Å²) in [6, 6.07) is 1.92. The van der Waals surface area contributed by atoms with E-state index < -0.39 is 0 Å². The van der Waals surface area contributed by atoms with Gasteiger partial charge in [-0.3, -0.25) is 9.69 Å². The van der Waals surface area contributed by atoms with Crippen LogP contribution < -0.4 is 5.32 Å². The molecular weight excluding hydrogens is 248 g/mol. The largest absolute Gasteiger partial charge is 0.353 e. The van der Waals surface area contributed by atoms with Crippen LogP contribution in [0.5, 0.6) is 0 Å². The number of amides is 1. The average molecular weight is 280 g/mol. The number of hydrogen-bond donors (Lipinski definition) is 1. The summed E-state index contributed by atoms with van der Waals surface area (Å²) >= 11 is 0. The second kappa shape index (κ2) is 8.02. The summed E-state index contributed by atoms with van der Waals surface area (Å²) in [5, 5.41) is 3.24. The van der Waals surface area contributed by atoms with Gasteiger partial charge in [0.05, 0.1) is 0 Å². The van der Waals surface area contributed by atoms with Gasteiger partial charge in [0.15, 0.2) is 0 Å². The predicted octanol–water partition coefficient (Wildman–Crippen LogP) is 3.48. The zero-order valence-corrected chi connectivity index (χ0v) is 13.4. The average Bonchev–Trinajstić information content (AvgIpc) is 2.48. The molecule has 1 N–H and O–H groups in total. The number of likely N-dealkylation sites (tertiary alicyclic amines) is 1. The topological polar surface area (TPSA) is 32.3 Å². The third-order valence-corrected chi connectivity index (χ3v) is 5.12.